The van der Waals surface area contributed by atoms with Crippen LogP contribution in [0.1, 0.15) is 20.7 Å². The Morgan fingerprint density at radius 2 is 1.32 bits per heavy atom. The first-order valence-electron chi connectivity index (χ1n) is 5.73. The predicted molar refractivity (Wildman–Crippen MR) is 73.5 cm³/mol. The van der Waals surface area contributed by atoms with E-state index in [9.17, 15) is 9.59 Å². The molecule has 2 aromatic rings. The highest BCUT2D eigenvalue weighted by Crippen LogP contribution is 2.27. The van der Waals surface area contributed by atoms with Gasteiger partial charge in [-0.3, -0.25) is 0 Å². The molecule has 0 aliphatic rings. The van der Waals surface area contributed by atoms with Gasteiger partial charge in [-0.15, -0.1) is 0 Å². The summed E-state index contributed by atoms with van der Waals surface area (Å²) < 4.78 is 0. The average molecular weight is 308 g/mol. The number of hydrogen-bond donors (Lipinski definition) is 6. The number of phenolic OH excluding ortho intramolecular Hbond substituents is 2. The second-order valence-electron chi connectivity index (χ2n) is 3.99. The molecular formula is C14H12O8. The van der Waals surface area contributed by atoms with Gasteiger partial charge in [0.2, 0.25) is 0 Å². The summed E-state index contributed by atoms with van der Waals surface area (Å²) >= 11 is 0. The zero-order valence-corrected chi connectivity index (χ0v) is 11.0. The van der Waals surface area contributed by atoms with Gasteiger partial charge in [-0.1, -0.05) is 6.07 Å². The third-order valence-electron chi connectivity index (χ3n) is 2.46. The average Bonchev–Trinajstić information content (AvgIpc) is 2.44. The molecule has 0 atom stereocenters. The molecule has 22 heavy (non-hydrogen) atoms. The molecule has 0 aliphatic carbocycles. The van der Waals surface area contributed by atoms with Crippen LogP contribution >= 0.6 is 0 Å². The Morgan fingerprint density at radius 1 is 0.727 bits per heavy atom. The van der Waals surface area contributed by atoms with E-state index in [1.54, 1.807) is 0 Å². The van der Waals surface area contributed by atoms with Crippen LogP contribution < -0.4 is 0 Å². The number of aromatic carboxylic acids is 2. The van der Waals surface area contributed by atoms with Crippen molar-refractivity contribution in [1.29, 1.82) is 0 Å². The largest absolute Gasteiger partial charge is 0.508 e. The number of para-hydroxylation sites is 1. The molecule has 0 heterocycles. The van der Waals surface area contributed by atoms with Crippen molar-refractivity contribution in [2.24, 2.45) is 0 Å². The Labute approximate surface area is 123 Å². The third kappa shape index (κ3) is 4.04. The number of carboxylic acid groups (broad SMARTS) is 2. The number of rotatable bonds is 2. The molecular weight excluding hydrogens is 296 g/mol. The summed E-state index contributed by atoms with van der Waals surface area (Å²) in [6, 6.07) is 7.08. The lowest BCUT2D eigenvalue weighted by Gasteiger charge is -1.99. The van der Waals surface area contributed by atoms with Crippen LogP contribution in [0.15, 0.2) is 36.4 Å². The van der Waals surface area contributed by atoms with Crippen LogP contribution in [-0.2, 0) is 0 Å². The first kappa shape index (κ1) is 16.6. The van der Waals surface area contributed by atoms with E-state index in [2.05, 4.69) is 0 Å². The summed E-state index contributed by atoms with van der Waals surface area (Å²) in [4.78, 5) is 20.6. The predicted octanol–water partition coefficient (Wildman–Crippen LogP) is 1.59. The van der Waals surface area contributed by atoms with E-state index in [1.165, 1.54) is 24.3 Å². The number of benzene rings is 2. The molecule has 0 aliphatic heterocycles. The lowest BCUT2D eigenvalue weighted by molar-refractivity contribution is 0.0682. The number of carboxylic acids is 2. The standard InChI is InChI=1S/2C7H6O4/c8-4-1-2-6(9)5(3-4)7(10)11;8-5-3-1-2-4(6(5)9)7(10)11/h2*1-3,8-9H,(H,10,11). The van der Waals surface area contributed by atoms with E-state index >= 15 is 0 Å². The summed E-state index contributed by atoms with van der Waals surface area (Å²) in [5, 5.41) is 52.3. The van der Waals surface area contributed by atoms with Crippen LogP contribution in [0.5, 0.6) is 23.0 Å². The summed E-state index contributed by atoms with van der Waals surface area (Å²) in [5.41, 5.74) is -0.602. The molecule has 0 saturated heterocycles. The molecule has 2 aromatic carbocycles. The number of carbonyl (C=O) groups is 2. The Morgan fingerprint density at radius 3 is 1.77 bits per heavy atom. The van der Waals surface area contributed by atoms with E-state index in [-0.39, 0.29) is 22.6 Å². The highest BCUT2D eigenvalue weighted by Gasteiger charge is 2.11. The molecule has 0 radical (unpaired) electrons. The monoisotopic (exact) mass is 308 g/mol. The van der Waals surface area contributed by atoms with Crippen LogP contribution in [0.2, 0.25) is 0 Å². The van der Waals surface area contributed by atoms with E-state index in [4.69, 9.17) is 30.6 Å². The smallest absolute Gasteiger partial charge is 0.339 e. The Balaban J connectivity index is 0.000000220. The normalized spacial score (nSPS) is 9.45. The van der Waals surface area contributed by atoms with Crippen LogP contribution in [0.3, 0.4) is 0 Å². The quantitative estimate of drug-likeness (QED) is 0.361. The van der Waals surface area contributed by atoms with Crippen molar-refractivity contribution in [1.82, 2.24) is 0 Å². The fourth-order valence-corrected chi connectivity index (χ4v) is 1.40. The van der Waals surface area contributed by atoms with Gasteiger partial charge in [0.25, 0.3) is 0 Å². The second-order valence-corrected chi connectivity index (χ2v) is 3.99. The molecule has 0 unspecified atom stereocenters. The molecule has 0 bridgehead atoms. The molecule has 0 saturated carbocycles. The maximum absolute atomic E-state index is 10.3. The van der Waals surface area contributed by atoms with Gasteiger partial charge in [-0.25, -0.2) is 9.59 Å². The molecule has 0 aromatic heterocycles. The minimum atomic E-state index is -1.27. The Hall–Kier alpha value is -3.42. The lowest BCUT2D eigenvalue weighted by atomic mass is 10.2. The van der Waals surface area contributed by atoms with Gasteiger partial charge in [0.15, 0.2) is 11.5 Å². The number of hydrogen-bond acceptors (Lipinski definition) is 6. The molecule has 0 spiro atoms. The van der Waals surface area contributed by atoms with Crippen molar-refractivity contribution >= 4 is 11.9 Å². The minimum absolute atomic E-state index is 0.180. The van der Waals surface area contributed by atoms with Crippen molar-refractivity contribution in [2.75, 3.05) is 0 Å². The number of phenols is 4. The maximum Gasteiger partial charge on any atom is 0.339 e. The topological polar surface area (TPSA) is 156 Å². The minimum Gasteiger partial charge on any atom is -0.508 e. The van der Waals surface area contributed by atoms with Crippen molar-refractivity contribution in [3.63, 3.8) is 0 Å². The summed E-state index contributed by atoms with van der Waals surface area (Å²) in [7, 11) is 0. The summed E-state index contributed by atoms with van der Waals surface area (Å²) in [5.74, 6) is -4.09. The molecule has 0 amide bonds. The first-order chi connectivity index (χ1) is 10.2. The fraction of sp³-hybridized carbons (Fsp3) is 0. The highest BCUT2D eigenvalue weighted by molar-refractivity contribution is 5.92. The van der Waals surface area contributed by atoms with Crippen LogP contribution in [-0.4, -0.2) is 42.6 Å². The van der Waals surface area contributed by atoms with Crippen molar-refractivity contribution < 1.29 is 40.2 Å². The second kappa shape index (κ2) is 6.84. The molecule has 116 valence electrons. The summed E-state index contributed by atoms with van der Waals surface area (Å²) in [6.07, 6.45) is 0. The van der Waals surface area contributed by atoms with Gasteiger partial charge in [-0.05, 0) is 30.3 Å². The van der Waals surface area contributed by atoms with Gasteiger partial charge in [0, 0.05) is 0 Å². The van der Waals surface area contributed by atoms with E-state index in [0.717, 1.165) is 12.1 Å². The molecule has 6 N–H and O–H groups in total. The molecule has 8 nitrogen and oxygen atoms in total. The van der Waals surface area contributed by atoms with Crippen molar-refractivity contribution in [3.8, 4) is 23.0 Å². The van der Waals surface area contributed by atoms with Gasteiger partial charge in [-0.2, -0.15) is 0 Å². The van der Waals surface area contributed by atoms with E-state index in [0.29, 0.717) is 0 Å². The maximum atomic E-state index is 10.3. The third-order valence-corrected chi connectivity index (χ3v) is 2.46. The van der Waals surface area contributed by atoms with Gasteiger partial charge in [0.1, 0.15) is 22.6 Å². The highest BCUT2D eigenvalue weighted by atomic mass is 16.4. The lowest BCUT2D eigenvalue weighted by Crippen LogP contribution is -1.95. The SMILES string of the molecule is O=C(O)c1cc(O)ccc1O.O=C(O)c1cccc(O)c1O. The number of aromatic hydroxyl groups is 4. The van der Waals surface area contributed by atoms with Crippen molar-refractivity contribution in [3.05, 3.63) is 47.5 Å². The first-order valence-corrected chi connectivity index (χ1v) is 5.73. The van der Waals surface area contributed by atoms with E-state index in [1.807, 2.05) is 0 Å². The fourth-order valence-electron chi connectivity index (χ4n) is 1.40. The Kier molecular flexibility index (Phi) is 5.17. The van der Waals surface area contributed by atoms with Gasteiger partial charge >= 0.3 is 11.9 Å². The molecule has 2 rings (SSSR count). The molecule has 0 fully saturated rings. The zero-order valence-electron chi connectivity index (χ0n) is 11.0. The van der Waals surface area contributed by atoms with Crippen LogP contribution in [0, 0.1) is 0 Å². The van der Waals surface area contributed by atoms with Crippen molar-refractivity contribution in [2.45, 2.75) is 0 Å². The summed E-state index contributed by atoms with van der Waals surface area (Å²) in [6.45, 7) is 0. The van der Waals surface area contributed by atoms with Gasteiger partial charge in [0.05, 0.1) is 0 Å². The van der Waals surface area contributed by atoms with Crippen LogP contribution in [0.25, 0.3) is 0 Å². The van der Waals surface area contributed by atoms with Crippen LogP contribution in [0.4, 0.5) is 0 Å². The van der Waals surface area contributed by atoms with E-state index < -0.39 is 23.4 Å². The Bertz CT molecular complexity index is 696. The molecule has 8 heteroatoms. The zero-order chi connectivity index (χ0) is 16.9. The van der Waals surface area contributed by atoms with Gasteiger partial charge < -0.3 is 30.6 Å².